The molecule has 0 unspecified atom stereocenters. The molecular weight excluding hydrogens is 328 g/mol. The van der Waals surface area contributed by atoms with Crippen LogP contribution in [-0.4, -0.2) is 41.8 Å². The summed E-state index contributed by atoms with van der Waals surface area (Å²) in [7, 11) is -3.59. The van der Waals surface area contributed by atoms with Crippen LogP contribution >= 0.6 is 0 Å². The van der Waals surface area contributed by atoms with Crippen molar-refractivity contribution in [3.63, 3.8) is 0 Å². The molecule has 1 atom stereocenters. The highest BCUT2D eigenvalue weighted by Crippen LogP contribution is 2.32. The summed E-state index contributed by atoms with van der Waals surface area (Å²) in [5, 5.41) is 4.35. The Hall–Kier alpha value is -1.37. The Bertz CT molecular complexity index is 662. The molecule has 1 aliphatic carbocycles. The number of aryl methyl sites for hydroxylation is 1. The zero-order valence-electron chi connectivity index (χ0n) is 14.8. The Morgan fingerprint density at radius 2 is 2.04 bits per heavy atom. The maximum absolute atomic E-state index is 12.2. The van der Waals surface area contributed by atoms with Gasteiger partial charge in [-0.3, -0.25) is 9.48 Å². The number of nitrogens with zero attached hydrogens (tertiary/aromatic N) is 2. The molecule has 1 saturated carbocycles. The Labute approximate surface area is 144 Å². The van der Waals surface area contributed by atoms with E-state index in [0.717, 1.165) is 6.26 Å². The molecule has 0 N–H and O–H groups in total. The second-order valence-electron chi connectivity index (χ2n) is 6.85. The molecule has 7 heteroatoms. The summed E-state index contributed by atoms with van der Waals surface area (Å²) in [5.74, 6) is -0.133. The third-order valence-electron chi connectivity index (χ3n) is 5.07. The van der Waals surface area contributed by atoms with Crippen molar-refractivity contribution in [3.8, 4) is 0 Å². The number of ether oxygens (including phenoxy) is 1. The number of hydrogen-bond acceptors (Lipinski definition) is 5. The zero-order valence-corrected chi connectivity index (χ0v) is 15.6. The molecule has 136 valence electrons. The normalized spacial score (nSPS) is 19.0. The molecular formula is C17H28N2O4S. The summed E-state index contributed by atoms with van der Waals surface area (Å²) < 4.78 is 29.4. The molecule has 1 fully saturated rings. The first-order valence-electron chi connectivity index (χ1n) is 8.67. The van der Waals surface area contributed by atoms with Crippen LogP contribution in [0.3, 0.4) is 0 Å². The van der Waals surface area contributed by atoms with Gasteiger partial charge in [-0.25, -0.2) is 8.42 Å². The van der Waals surface area contributed by atoms with Gasteiger partial charge in [0.15, 0.2) is 14.6 Å². The van der Waals surface area contributed by atoms with Crippen molar-refractivity contribution in [2.75, 3.05) is 12.9 Å². The Balaban J connectivity index is 2.07. The minimum atomic E-state index is -3.59. The van der Waals surface area contributed by atoms with Gasteiger partial charge in [0.1, 0.15) is 0 Å². The third-order valence-corrected chi connectivity index (χ3v) is 7.08. The lowest BCUT2D eigenvalue weighted by molar-refractivity contribution is -0.146. The van der Waals surface area contributed by atoms with Crippen LogP contribution in [0.25, 0.3) is 0 Å². The van der Waals surface area contributed by atoms with Crippen LogP contribution in [0.1, 0.15) is 63.9 Å². The Morgan fingerprint density at radius 3 is 2.62 bits per heavy atom. The lowest BCUT2D eigenvalue weighted by atomic mass is 9.86. The molecule has 0 spiro atoms. The molecule has 2 rings (SSSR count). The lowest BCUT2D eigenvalue weighted by Crippen LogP contribution is -2.45. The first-order valence-corrected chi connectivity index (χ1v) is 10.6. The predicted octanol–water partition coefficient (Wildman–Crippen LogP) is 2.69. The van der Waals surface area contributed by atoms with Crippen LogP contribution in [-0.2, 0) is 25.9 Å². The van der Waals surface area contributed by atoms with Crippen LogP contribution < -0.4 is 0 Å². The van der Waals surface area contributed by atoms with Crippen molar-refractivity contribution in [1.29, 1.82) is 0 Å². The van der Waals surface area contributed by atoms with Crippen LogP contribution in [0.15, 0.2) is 12.4 Å². The molecule has 0 aliphatic heterocycles. The molecule has 1 aromatic heterocycles. The molecule has 1 heterocycles. The van der Waals surface area contributed by atoms with Gasteiger partial charge in [0.05, 0.1) is 12.8 Å². The molecule has 0 amide bonds. The highest BCUT2D eigenvalue weighted by molar-refractivity contribution is 7.92. The van der Waals surface area contributed by atoms with Gasteiger partial charge >= 0.3 is 5.97 Å². The SMILES string of the molecule is CCOC(=O)[C@@](C)(CCn1cc(C2CCCCC2)cn1)S(C)(=O)=O. The van der Waals surface area contributed by atoms with Crippen molar-refractivity contribution in [1.82, 2.24) is 9.78 Å². The molecule has 1 aliphatic rings. The van der Waals surface area contributed by atoms with Crippen LogP contribution in [0.5, 0.6) is 0 Å². The second-order valence-corrected chi connectivity index (χ2v) is 9.29. The van der Waals surface area contributed by atoms with Crippen molar-refractivity contribution in [3.05, 3.63) is 18.0 Å². The summed E-state index contributed by atoms with van der Waals surface area (Å²) >= 11 is 0. The van der Waals surface area contributed by atoms with E-state index in [2.05, 4.69) is 5.10 Å². The average Bonchev–Trinajstić information content (AvgIpc) is 3.01. The van der Waals surface area contributed by atoms with Gasteiger partial charge in [-0.1, -0.05) is 19.3 Å². The fraction of sp³-hybridized carbons (Fsp3) is 0.765. The number of esters is 1. The topological polar surface area (TPSA) is 78.3 Å². The van der Waals surface area contributed by atoms with Crippen molar-refractivity contribution >= 4 is 15.8 Å². The van der Waals surface area contributed by atoms with E-state index in [1.54, 1.807) is 11.6 Å². The van der Waals surface area contributed by atoms with E-state index in [4.69, 9.17) is 4.74 Å². The number of carbonyl (C=O) groups excluding carboxylic acids is 1. The van der Waals surface area contributed by atoms with Crippen molar-refractivity contribution < 1.29 is 17.9 Å². The first kappa shape index (κ1) is 19.0. The fourth-order valence-electron chi connectivity index (χ4n) is 3.20. The Kier molecular flexibility index (Phi) is 6.06. The largest absolute Gasteiger partial charge is 0.465 e. The van der Waals surface area contributed by atoms with Gasteiger partial charge in [-0.15, -0.1) is 0 Å². The van der Waals surface area contributed by atoms with Gasteiger partial charge < -0.3 is 4.74 Å². The minimum absolute atomic E-state index is 0.149. The monoisotopic (exact) mass is 356 g/mol. The standard InChI is InChI=1S/C17H28N2O4S/c1-4-23-16(20)17(2,24(3,21)22)10-11-19-13-15(12-18-19)14-8-6-5-7-9-14/h12-14H,4-11H2,1-3H3/t17-/m1/s1. The van der Waals surface area contributed by atoms with Crippen LogP contribution in [0.2, 0.25) is 0 Å². The number of sulfone groups is 1. The molecule has 0 aromatic carbocycles. The summed E-state index contributed by atoms with van der Waals surface area (Å²) in [4.78, 5) is 12.2. The lowest BCUT2D eigenvalue weighted by Gasteiger charge is -2.25. The van der Waals surface area contributed by atoms with E-state index >= 15 is 0 Å². The molecule has 1 aromatic rings. The zero-order chi connectivity index (χ0) is 17.8. The summed E-state index contributed by atoms with van der Waals surface area (Å²) in [6, 6.07) is 0. The number of rotatable bonds is 7. The predicted molar refractivity (Wildman–Crippen MR) is 92.6 cm³/mol. The summed E-state index contributed by atoms with van der Waals surface area (Å²) in [5.41, 5.74) is 1.21. The first-order chi connectivity index (χ1) is 11.3. The summed E-state index contributed by atoms with van der Waals surface area (Å²) in [6.07, 6.45) is 11.3. The van der Waals surface area contributed by atoms with E-state index in [0.29, 0.717) is 12.5 Å². The number of carbonyl (C=O) groups is 1. The van der Waals surface area contributed by atoms with Gasteiger partial charge in [-0.2, -0.15) is 5.10 Å². The number of hydrogen-bond donors (Lipinski definition) is 0. The van der Waals surface area contributed by atoms with Crippen molar-refractivity contribution in [2.45, 2.75) is 69.6 Å². The maximum atomic E-state index is 12.2. The highest BCUT2D eigenvalue weighted by atomic mass is 32.2. The number of aromatic nitrogens is 2. The molecule has 0 saturated heterocycles. The molecule has 6 nitrogen and oxygen atoms in total. The Morgan fingerprint density at radius 1 is 1.38 bits per heavy atom. The molecule has 24 heavy (non-hydrogen) atoms. The van der Waals surface area contributed by atoms with Crippen LogP contribution in [0, 0.1) is 0 Å². The molecule has 0 radical (unpaired) electrons. The van der Waals surface area contributed by atoms with E-state index in [1.807, 2.05) is 12.4 Å². The maximum Gasteiger partial charge on any atom is 0.327 e. The van der Waals surface area contributed by atoms with Gasteiger partial charge in [0.25, 0.3) is 0 Å². The van der Waals surface area contributed by atoms with Crippen molar-refractivity contribution in [2.24, 2.45) is 0 Å². The second kappa shape index (κ2) is 7.68. The fourth-order valence-corrected chi connectivity index (χ4v) is 4.02. The average molecular weight is 356 g/mol. The van der Waals surface area contributed by atoms with Gasteiger partial charge in [-0.05, 0) is 44.6 Å². The van der Waals surface area contributed by atoms with Crippen LogP contribution in [0.4, 0.5) is 0 Å². The minimum Gasteiger partial charge on any atom is -0.465 e. The quantitative estimate of drug-likeness (QED) is 0.702. The van der Waals surface area contributed by atoms with E-state index in [-0.39, 0.29) is 13.0 Å². The third kappa shape index (κ3) is 4.18. The van der Waals surface area contributed by atoms with E-state index < -0.39 is 20.6 Å². The van der Waals surface area contributed by atoms with E-state index in [1.165, 1.54) is 44.6 Å². The van der Waals surface area contributed by atoms with Gasteiger partial charge in [0, 0.05) is 19.0 Å². The highest BCUT2D eigenvalue weighted by Gasteiger charge is 2.44. The summed E-state index contributed by atoms with van der Waals surface area (Å²) in [6.45, 7) is 3.64. The molecule has 0 bridgehead atoms. The van der Waals surface area contributed by atoms with E-state index in [9.17, 15) is 13.2 Å². The van der Waals surface area contributed by atoms with Gasteiger partial charge in [0.2, 0.25) is 0 Å². The smallest absolute Gasteiger partial charge is 0.327 e.